The monoisotopic (exact) mass is 894 g/mol. The van der Waals surface area contributed by atoms with E-state index in [4.69, 9.17) is 9.47 Å². The molecule has 0 saturated heterocycles. The normalized spacial score (nSPS) is 21.6. The highest BCUT2D eigenvalue weighted by molar-refractivity contribution is 5.87. The second-order valence-corrected chi connectivity index (χ2v) is 17.6. The van der Waals surface area contributed by atoms with Crippen LogP contribution in [0.15, 0.2) is 218 Å². The van der Waals surface area contributed by atoms with Gasteiger partial charge in [0.15, 0.2) is 0 Å². The predicted molar refractivity (Wildman–Crippen MR) is 260 cm³/mol. The van der Waals surface area contributed by atoms with Crippen molar-refractivity contribution in [3.8, 4) is 44.9 Å². The Balaban J connectivity index is 0.863. The third-order valence-corrected chi connectivity index (χ3v) is 13.8. The summed E-state index contributed by atoms with van der Waals surface area (Å²) >= 11 is 0. The number of carbonyl (C=O) groups excluding carboxylic acids is 2. The molecule has 8 aromatic carbocycles. The van der Waals surface area contributed by atoms with Crippen molar-refractivity contribution in [2.75, 3.05) is 0 Å². The van der Waals surface area contributed by atoms with Crippen LogP contribution in [-0.4, -0.2) is 34.1 Å². The molecule has 10 rings (SSSR count). The molecule has 2 fully saturated rings. The Bertz CT molecular complexity index is 3020. The van der Waals surface area contributed by atoms with Crippen LogP contribution in [0, 0.1) is 23.7 Å². The van der Waals surface area contributed by atoms with Crippen LogP contribution in [0.1, 0.15) is 45.9 Å². The third-order valence-electron chi connectivity index (χ3n) is 13.8. The molecule has 8 heteroatoms. The number of rotatable bonds is 13. The number of carbonyl (C=O) groups is 4. The summed E-state index contributed by atoms with van der Waals surface area (Å²) in [5.41, 5.74) is 8.68. The highest BCUT2D eigenvalue weighted by Gasteiger charge is 2.60. The summed E-state index contributed by atoms with van der Waals surface area (Å²) in [6, 6.07) is 68.2. The Labute approximate surface area is 394 Å². The molecule has 8 aromatic rings. The first kappa shape index (κ1) is 43.5. The topological polar surface area (TPSA) is 127 Å². The first-order chi connectivity index (χ1) is 33.2. The fourth-order valence-electron chi connectivity index (χ4n) is 10.6. The van der Waals surface area contributed by atoms with Gasteiger partial charge in [-0.05, 0) is 79.9 Å². The minimum Gasteiger partial charge on any atom is -0.481 e. The largest absolute Gasteiger partial charge is 0.481 e. The van der Waals surface area contributed by atoms with Crippen LogP contribution in [0.3, 0.4) is 0 Å². The summed E-state index contributed by atoms with van der Waals surface area (Å²) in [5, 5.41) is 21.0. The molecule has 2 saturated carbocycles. The van der Waals surface area contributed by atoms with E-state index >= 15 is 0 Å². The van der Waals surface area contributed by atoms with Crippen molar-refractivity contribution in [3.63, 3.8) is 0 Å². The Hall–Kier alpha value is -8.36. The lowest BCUT2D eigenvalue weighted by Crippen LogP contribution is -2.52. The van der Waals surface area contributed by atoms with E-state index in [1.807, 2.05) is 200 Å². The second-order valence-electron chi connectivity index (χ2n) is 17.6. The Morgan fingerprint density at radius 1 is 0.294 bits per heavy atom. The molecule has 8 nitrogen and oxygen atoms in total. The molecule has 0 heterocycles. The second kappa shape index (κ2) is 18.9. The van der Waals surface area contributed by atoms with E-state index in [1.54, 1.807) is 18.2 Å². The van der Waals surface area contributed by atoms with Crippen molar-refractivity contribution in [2.24, 2.45) is 23.7 Å². The van der Waals surface area contributed by atoms with Crippen LogP contribution in [0.5, 0.6) is 11.5 Å². The van der Waals surface area contributed by atoms with E-state index in [0.717, 1.165) is 55.6 Å². The average molecular weight is 895 g/mol. The Morgan fingerprint density at radius 2 is 0.603 bits per heavy atom. The molecule has 0 unspecified atom stereocenters. The lowest BCUT2D eigenvalue weighted by molar-refractivity contribution is -0.160. The first-order valence-electron chi connectivity index (χ1n) is 22.7. The molecule has 0 aromatic heterocycles. The van der Waals surface area contributed by atoms with Gasteiger partial charge in [0.05, 0.1) is 23.7 Å². The van der Waals surface area contributed by atoms with Crippen molar-refractivity contribution < 1.29 is 38.9 Å². The molecule has 2 aliphatic rings. The number of carboxylic acids is 2. The van der Waals surface area contributed by atoms with Crippen molar-refractivity contribution in [2.45, 2.75) is 23.7 Å². The summed E-state index contributed by atoms with van der Waals surface area (Å²) in [6.45, 7) is 0. The molecule has 0 amide bonds. The van der Waals surface area contributed by atoms with E-state index in [9.17, 15) is 29.4 Å². The molecule has 68 heavy (non-hydrogen) atoms. The van der Waals surface area contributed by atoms with Crippen molar-refractivity contribution in [1.82, 2.24) is 0 Å². The highest BCUT2D eigenvalue weighted by Crippen LogP contribution is 2.59. The molecule has 0 aliphatic heterocycles. The van der Waals surface area contributed by atoms with Gasteiger partial charge in [0.1, 0.15) is 11.5 Å². The zero-order valence-corrected chi connectivity index (χ0v) is 36.7. The number of benzene rings is 8. The van der Waals surface area contributed by atoms with Crippen LogP contribution < -0.4 is 9.47 Å². The molecule has 2 N–H and O–H groups in total. The summed E-state index contributed by atoms with van der Waals surface area (Å²) in [4.78, 5) is 53.9. The predicted octanol–water partition coefficient (Wildman–Crippen LogP) is 12.3. The number of carboxylic acid groups (broad SMARTS) is 2. The van der Waals surface area contributed by atoms with E-state index in [2.05, 4.69) is 0 Å². The minimum atomic E-state index is -0.971. The van der Waals surface area contributed by atoms with Crippen LogP contribution in [0.25, 0.3) is 33.4 Å². The number of hydrogen-bond donors (Lipinski definition) is 2. The summed E-state index contributed by atoms with van der Waals surface area (Å²) in [7, 11) is 0. The van der Waals surface area contributed by atoms with Gasteiger partial charge in [-0.2, -0.15) is 0 Å². The quantitative estimate of drug-likeness (QED) is 0.0865. The Kier molecular flexibility index (Phi) is 12.1. The molecule has 334 valence electrons. The molecule has 6 atom stereocenters. The SMILES string of the molecule is O=C(O)[C@@H]1[C@H](c2ccccc2)[C@@H](C(=O)Oc2ccc(-c3ccccc3)cc2)[C@H]1c1ccc(-c2ccc(-c3cccc(OC(=O)[C@H]4[C@@H](c5ccccc5)[C@H](C(=O)O)[C@@H]4c4ccccc4)c3)cc2)cc1. The van der Waals surface area contributed by atoms with Gasteiger partial charge in [-0.3, -0.25) is 19.2 Å². The molecular weight excluding hydrogens is 849 g/mol. The van der Waals surface area contributed by atoms with E-state index < -0.39 is 71.2 Å². The summed E-state index contributed by atoms with van der Waals surface area (Å²) < 4.78 is 12.1. The molecule has 0 spiro atoms. The van der Waals surface area contributed by atoms with Crippen molar-refractivity contribution in [3.05, 3.63) is 241 Å². The Morgan fingerprint density at radius 3 is 1.01 bits per heavy atom. The number of esters is 2. The van der Waals surface area contributed by atoms with Gasteiger partial charge in [-0.15, -0.1) is 0 Å². The van der Waals surface area contributed by atoms with Gasteiger partial charge in [0, 0.05) is 23.7 Å². The first-order valence-corrected chi connectivity index (χ1v) is 22.7. The fourth-order valence-corrected chi connectivity index (χ4v) is 10.6. The minimum absolute atomic E-state index is 0.359. The van der Waals surface area contributed by atoms with Crippen molar-refractivity contribution in [1.29, 1.82) is 0 Å². The van der Waals surface area contributed by atoms with Gasteiger partial charge in [-0.1, -0.05) is 194 Å². The molecule has 0 radical (unpaired) electrons. The standard InChI is InChI=1S/C60H46O8/c61-57(62)53-49(42-16-7-2-8-17-42)55(50(53)43-18-9-3-10-19-43)60(66)68-48-23-13-22-46(36-48)41-26-24-38(25-27-41)39-28-30-45(31-29-39)52-54(58(63)64)51(44-20-11-4-12-21-44)56(52)59(65)67-47-34-32-40(33-35-47)37-14-5-1-6-15-37/h1-36,49-56H,(H,61,62)(H,63,64)/t49-,50-,51-,52-,53-,54+,55-,56+/m0/s1. The number of aliphatic carboxylic acids is 2. The van der Waals surface area contributed by atoms with Gasteiger partial charge in [0.2, 0.25) is 0 Å². The van der Waals surface area contributed by atoms with Crippen molar-refractivity contribution >= 4 is 23.9 Å². The maximum atomic E-state index is 14.2. The van der Waals surface area contributed by atoms with Crippen LogP contribution in [0.2, 0.25) is 0 Å². The summed E-state index contributed by atoms with van der Waals surface area (Å²) in [6.07, 6.45) is 0. The lowest BCUT2D eigenvalue weighted by Gasteiger charge is -2.49. The number of hydrogen-bond acceptors (Lipinski definition) is 6. The summed E-state index contributed by atoms with van der Waals surface area (Å²) in [5.74, 6) is -7.52. The van der Waals surface area contributed by atoms with Crippen LogP contribution in [-0.2, 0) is 19.2 Å². The average Bonchev–Trinajstić information content (AvgIpc) is 3.35. The fraction of sp³-hybridized carbons (Fsp3) is 0.133. The van der Waals surface area contributed by atoms with E-state index in [-0.39, 0.29) is 0 Å². The lowest BCUT2D eigenvalue weighted by atomic mass is 9.52. The zero-order valence-electron chi connectivity index (χ0n) is 36.7. The van der Waals surface area contributed by atoms with Gasteiger partial charge in [0.25, 0.3) is 0 Å². The zero-order chi connectivity index (χ0) is 46.7. The van der Waals surface area contributed by atoms with Gasteiger partial charge >= 0.3 is 23.9 Å². The molecule has 0 bridgehead atoms. The maximum absolute atomic E-state index is 14.2. The van der Waals surface area contributed by atoms with Crippen LogP contribution in [0.4, 0.5) is 0 Å². The number of ether oxygens (including phenoxy) is 2. The van der Waals surface area contributed by atoms with Gasteiger partial charge in [-0.25, -0.2) is 0 Å². The highest BCUT2D eigenvalue weighted by atomic mass is 16.5. The van der Waals surface area contributed by atoms with Crippen LogP contribution >= 0.6 is 0 Å². The molecule has 2 aliphatic carbocycles. The molecular formula is C60H46O8. The maximum Gasteiger partial charge on any atom is 0.315 e. The smallest absolute Gasteiger partial charge is 0.315 e. The van der Waals surface area contributed by atoms with E-state index in [1.165, 1.54) is 0 Å². The van der Waals surface area contributed by atoms with Gasteiger partial charge < -0.3 is 19.7 Å². The third kappa shape index (κ3) is 8.48. The van der Waals surface area contributed by atoms with E-state index in [0.29, 0.717) is 11.5 Å².